The van der Waals surface area contributed by atoms with Gasteiger partial charge in [0.2, 0.25) is 0 Å². The number of aromatic nitrogens is 1. The second-order valence-electron chi connectivity index (χ2n) is 4.72. The summed E-state index contributed by atoms with van der Waals surface area (Å²) in [5, 5.41) is 4.64. The van der Waals surface area contributed by atoms with E-state index < -0.39 is 0 Å². The Morgan fingerprint density at radius 3 is 2.84 bits per heavy atom. The van der Waals surface area contributed by atoms with Crippen molar-refractivity contribution in [3.05, 3.63) is 35.0 Å². The number of hydrogen-bond donors (Lipinski definition) is 2. The van der Waals surface area contributed by atoms with Crippen LogP contribution in [0.25, 0.3) is 10.9 Å². The third kappa shape index (κ3) is 2.94. The summed E-state index contributed by atoms with van der Waals surface area (Å²) in [6.45, 7) is 4.18. The predicted molar refractivity (Wildman–Crippen MR) is 85.4 cm³/mol. The van der Waals surface area contributed by atoms with Crippen LogP contribution >= 0.6 is 24.8 Å². The lowest BCUT2D eigenvalue weighted by Crippen LogP contribution is -2.13. The van der Waals surface area contributed by atoms with Gasteiger partial charge in [-0.1, -0.05) is 0 Å². The summed E-state index contributed by atoms with van der Waals surface area (Å²) in [5.41, 5.74) is 11.7. The lowest BCUT2D eigenvalue weighted by Gasteiger charge is -2.12. The maximum atomic E-state index is 5.86. The van der Waals surface area contributed by atoms with Crippen molar-refractivity contribution in [3.63, 3.8) is 0 Å². The summed E-state index contributed by atoms with van der Waals surface area (Å²) in [7, 11) is 0. The molecule has 3 N–H and O–H groups in total. The highest BCUT2D eigenvalue weighted by molar-refractivity contribution is 5.86. The molecule has 0 atom stereocenters. The van der Waals surface area contributed by atoms with Gasteiger partial charge in [-0.25, -0.2) is 0 Å². The van der Waals surface area contributed by atoms with E-state index in [0.29, 0.717) is 0 Å². The van der Waals surface area contributed by atoms with Crippen LogP contribution in [0.3, 0.4) is 0 Å². The zero-order valence-corrected chi connectivity index (χ0v) is 12.5. The Morgan fingerprint density at radius 1 is 1.26 bits per heavy atom. The molecule has 1 aliphatic rings. The van der Waals surface area contributed by atoms with Gasteiger partial charge in [-0.05, 0) is 55.6 Å². The van der Waals surface area contributed by atoms with Crippen molar-refractivity contribution >= 4 is 41.4 Å². The Hall–Kier alpha value is -1.03. The van der Waals surface area contributed by atoms with Gasteiger partial charge in [0.05, 0.1) is 5.52 Å². The first-order valence-electron chi connectivity index (χ1n) is 6.14. The maximum Gasteiger partial charge on any atom is 0.0709 e. The minimum atomic E-state index is 0. The number of nitrogen functional groups attached to an aromatic ring is 1. The minimum Gasteiger partial charge on any atom is -0.399 e. The zero-order chi connectivity index (χ0) is 11.8. The van der Waals surface area contributed by atoms with Gasteiger partial charge >= 0.3 is 0 Å². The summed E-state index contributed by atoms with van der Waals surface area (Å²) in [6.07, 6.45) is 2.24. The van der Waals surface area contributed by atoms with E-state index in [2.05, 4.69) is 12.2 Å². The lowest BCUT2D eigenvalue weighted by molar-refractivity contribution is 0.679. The van der Waals surface area contributed by atoms with Crippen molar-refractivity contribution in [2.24, 2.45) is 0 Å². The molecule has 1 aliphatic heterocycles. The molecule has 0 saturated carbocycles. The fraction of sp³-hybridized carbons (Fsp3) is 0.357. The number of rotatable bonds is 0. The van der Waals surface area contributed by atoms with E-state index in [0.717, 1.165) is 30.7 Å². The molecule has 0 bridgehead atoms. The average molecular weight is 300 g/mol. The first-order valence-corrected chi connectivity index (χ1v) is 6.14. The van der Waals surface area contributed by atoms with Crippen LogP contribution < -0.4 is 11.1 Å². The Kier molecular flexibility index (Phi) is 5.41. The number of aryl methyl sites for hydroxylation is 2. The van der Waals surface area contributed by atoms with E-state index in [1.165, 1.54) is 28.6 Å². The number of halogens is 2. The SMILES string of the molecule is Cc1c2c(nc3ccc(N)cc13)CCCNC2.Cl.Cl. The monoisotopic (exact) mass is 299 g/mol. The highest BCUT2D eigenvalue weighted by atomic mass is 35.5. The van der Waals surface area contributed by atoms with Gasteiger partial charge in [-0.2, -0.15) is 0 Å². The molecule has 0 fully saturated rings. The van der Waals surface area contributed by atoms with Crippen LogP contribution in [0.1, 0.15) is 23.2 Å². The molecule has 2 heterocycles. The quantitative estimate of drug-likeness (QED) is 0.735. The molecular formula is C14H19Cl2N3. The van der Waals surface area contributed by atoms with Crippen molar-refractivity contribution in [3.8, 4) is 0 Å². The van der Waals surface area contributed by atoms with Crippen molar-refractivity contribution in [2.45, 2.75) is 26.3 Å². The van der Waals surface area contributed by atoms with Crippen LogP contribution in [0.15, 0.2) is 18.2 Å². The first-order chi connectivity index (χ1) is 8.25. The van der Waals surface area contributed by atoms with Gasteiger partial charge < -0.3 is 11.1 Å². The molecule has 2 aromatic rings. The van der Waals surface area contributed by atoms with E-state index in [1.54, 1.807) is 0 Å². The molecule has 0 amide bonds. The molecule has 19 heavy (non-hydrogen) atoms. The van der Waals surface area contributed by atoms with Crippen LogP contribution in [0, 0.1) is 6.92 Å². The molecule has 1 aromatic heterocycles. The molecule has 5 heteroatoms. The van der Waals surface area contributed by atoms with Crippen LogP contribution in [-0.4, -0.2) is 11.5 Å². The predicted octanol–water partition coefficient (Wildman–Crippen LogP) is 3.00. The van der Waals surface area contributed by atoms with Gasteiger partial charge in [-0.3, -0.25) is 4.98 Å². The third-order valence-corrected chi connectivity index (χ3v) is 3.55. The van der Waals surface area contributed by atoms with E-state index in [4.69, 9.17) is 10.7 Å². The second kappa shape index (κ2) is 6.42. The van der Waals surface area contributed by atoms with Gasteiger partial charge in [0.25, 0.3) is 0 Å². The largest absolute Gasteiger partial charge is 0.399 e. The van der Waals surface area contributed by atoms with Crippen LogP contribution in [0.2, 0.25) is 0 Å². The maximum absolute atomic E-state index is 5.86. The van der Waals surface area contributed by atoms with Crippen molar-refractivity contribution in [1.29, 1.82) is 0 Å². The van der Waals surface area contributed by atoms with Crippen LogP contribution in [0.5, 0.6) is 0 Å². The summed E-state index contributed by atoms with van der Waals surface area (Å²) >= 11 is 0. The van der Waals surface area contributed by atoms with E-state index in [9.17, 15) is 0 Å². The van der Waals surface area contributed by atoms with Crippen molar-refractivity contribution < 1.29 is 0 Å². The summed E-state index contributed by atoms with van der Waals surface area (Å²) in [4.78, 5) is 4.78. The molecule has 0 spiro atoms. The Bertz CT molecular complexity index is 584. The van der Waals surface area contributed by atoms with E-state index in [-0.39, 0.29) is 24.8 Å². The molecule has 0 saturated heterocycles. The molecule has 3 nitrogen and oxygen atoms in total. The fourth-order valence-electron chi connectivity index (χ4n) is 2.58. The zero-order valence-electron chi connectivity index (χ0n) is 10.9. The number of pyridine rings is 1. The summed E-state index contributed by atoms with van der Waals surface area (Å²) in [5.74, 6) is 0. The number of fused-ring (bicyclic) bond motifs is 2. The number of nitrogens with one attached hydrogen (secondary N) is 1. The van der Waals surface area contributed by atoms with Gasteiger partial charge in [-0.15, -0.1) is 24.8 Å². The molecule has 1 aromatic carbocycles. The number of benzene rings is 1. The van der Waals surface area contributed by atoms with Crippen LogP contribution in [0.4, 0.5) is 5.69 Å². The number of anilines is 1. The minimum absolute atomic E-state index is 0. The Labute approximate surface area is 125 Å². The van der Waals surface area contributed by atoms with Crippen molar-refractivity contribution in [1.82, 2.24) is 10.3 Å². The van der Waals surface area contributed by atoms with Gasteiger partial charge in [0, 0.05) is 23.3 Å². The molecule has 104 valence electrons. The third-order valence-electron chi connectivity index (χ3n) is 3.55. The highest BCUT2D eigenvalue weighted by Gasteiger charge is 2.14. The van der Waals surface area contributed by atoms with E-state index in [1.807, 2.05) is 18.2 Å². The topological polar surface area (TPSA) is 50.9 Å². The molecule has 3 rings (SSSR count). The standard InChI is InChI=1S/C14H17N3.2ClH/c1-9-11-7-10(15)4-5-14(11)17-13-3-2-6-16-8-12(9)13;;/h4-5,7,16H,2-3,6,8,15H2,1H3;2*1H. The molecule has 0 aliphatic carbocycles. The Balaban J connectivity index is 0.000000902. The normalized spacial score (nSPS) is 13.9. The highest BCUT2D eigenvalue weighted by Crippen LogP contribution is 2.26. The fourth-order valence-corrected chi connectivity index (χ4v) is 2.58. The van der Waals surface area contributed by atoms with Crippen LogP contribution in [-0.2, 0) is 13.0 Å². The van der Waals surface area contributed by atoms with Gasteiger partial charge in [0.1, 0.15) is 0 Å². The van der Waals surface area contributed by atoms with Gasteiger partial charge in [0.15, 0.2) is 0 Å². The first kappa shape index (κ1) is 16.0. The Morgan fingerprint density at radius 2 is 2.05 bits per heavy atom. The molecule has 0 radical (unpaired) electrons. The summed E-state index contributed by atoms with van der Waals surface area (Å²) < 4.78 is 0. The van der Waals surface area contributed by atoms with Crippen molar-refractivity contribution in [2.75, 3.05) is 12.3 Å². The number of nitrogens with two attached hydrogens (primary N) is 1. The summed E-state index contributed by atoms with van der Waals surface area (Å²) in [6, 6.07) is 5.98. The lowest BCUT2D eigenvalue weighted by atomic mass is 10.00. The number of hydrogen-bond acceptors (Lipinski definition) is 3. The smallest absolute Gasteiger partial charge is 0.0709 e. The average Bonchev–Trinajstić information content (AvgIpc) is 2.56. The second-order valence-corrected chi connectivity index (χ2v) is 4.72. The molecule has 0 unspecified atom stereocenters. The molecular weight excluding hydrogens is 281 g/mol. The number of nitrogens with zero attached hydrogens (tertiary/aromatic N) is 1. The van der Waals surface area contributed by atoms with E-state index >= 15 is 0 Å².